The molecule has 1 aromatic carbocycles. The second-order valence-electron chi connectivity index (χ2n) is 4.55. The second kappa shape index (κ2) is 5.67. The molecule has 1 heterocycles. The van der Waals surface area contributed by atoms with Gasteiger partial charge in [0.15, 0.2) is 0 Å². The number of aliphatic hydroxyl groups excluding tert-OH is 1. The number of rotatable bonds is 4. The van der Waals surface area contributed by atoms with Crippen molar-refractivity contribution in [2.45, 2.75) is 26.4 Å². The lowest BCUT2D eigenvalue weighted by Crippen LogP contribution is -2.03. The van der Waals surface area contributed by atoms with E-state index in [1.54, 1.807) is 30.3 Å². The largest absolute Gasteiger partial charge is 0.439 e. The van der Waals surface area contributed by atoms with Gasteiger partial charge in [0.2, 0.25) is 5.88 Å². The van der Waals surface area contributed by atoms with Gasteiger partial charge in [-0.3, -0.25) is 0 Å². The summed E-state index contributed by atoms with van der Waals surface area (Å²) in [6.45, 7) is 4.00. The number of hydrogen-bond acceptors (Lipinski definition) is 5. The zero-order chi connectivity index (χ0) is 13.8. The van der Waals surface area contributed by atoms with Crippen molar-refractivity contribution in [1.29, 1.82) is 0 Å². The van der Waals surface area contributed by atoms with Crippen LogP contribution in [0.5, 0.6) is 11.6 Å². The Morgan fingerprint density at radius 1 is 1.21 bits per heavy atom. The van der Waals surface area contributed by atoms with Gasteiger partial charge in [0.05, 0.1) is 6.61 Å². The van der Waals surface area contributed by atoms with Crippen molar-refractivity contribution < 1.29 is 9.84 Å². The van der Waals surface area contributed by atoms with Gasteiger partial charge in [0, 0.05) is 12.0 Å². The Labute approximate surface area is 112 Å². The summed E-state index contributed by atoms with van der Waals surface area (Å²) in [5, 5.41) is 8.97. The highest BCUT2D eigenvalue weighted by atomic mass is 16.5. The molecule has 0 fully saturated rings. The lowest BCUT2D eigenvalue weighted by Gasteiger charge is -2.09. The van der Waals surface area contributed by atoms with Crippen LogP contribution in [-0.4, -0.2) is 15.1 Å². The van der Waals surface area contributed by atoms with Gasteiger partial charge >= 0.3 is 0 Å². The predicted molar refractivity (Wildman–Crippen MR) is 73.0 cm³/mol. The Kier molecular flexibility index (Phi) is 3.97. The smallest absolute Gasteiger partial charge is 0.224 e. The minimum absolute atomic E-state index is 0.0121. The van der Waals surface area contributed by atoms with Crippen molar-refractivity contribution >= 4 is 5.82 Å². The van der Waals surface area contributed by atoms with Crippen LogP contribution in [0.25, 0.3) is 0 Å². The van der Waals surface area contributed by atoms with E-state index in [0.29, 0.717) is 23.3 Å². The Balaban J connectivity index is 2.22. The molecule has 2 rings (SSSR count). The highest BCUT2D eigenvalue weighted by Gasteiger charge is 2.08. The Hall–Kier alpha value is -2.14. The molecule has 19 heavy (non-hydrogen) atoms. The van der Waals surface area contributed by atoms with Crippen LogP contribution in [0.1, 0.15) is 31.2 Å². The third-order valence-electron chi connectivity index (χ3n) is 2.58. The lowest BCUT2D eigenvalue weighted by atomic mass is 10.2. The Morgan fingerprint density at radius 3 is 2.47 bits per heavy atom. The van der Waals surface area contributed by atoms with E-state index in [1.165, 1.54) is 0 Å². The van der Waals surface area contributed by atoms with Gasteiger partial charge in [-0.1, -0.05) is 26.0 Å². The standard InChI is InChI=1S/C14H17N3O2/c1-9(2)14-16-12(15)7-13(17-14)19-11-5-3-10(8-18)4-6-11/h3-7,9,18H,8H2,1-2H3,(H2,15,16,17). The molecule has 0 spiro atoms. The van der Waals surface area contributed by atoms with Crippen molar-refractivity contribution in [3.63, 3.8) is 0 Å². The summed E-state index contributed by atoms with van der Waals surface area (Å²) in [5.41, 5.74) is 6.56. The fourth-order valence-corrected chi connectivity index (χ4v) is 1.56. The number of nitrogens with two attached hydrogens (primary N) is 1. The first kappa shape index (κ1) is 13.3. The molecular weight excluding hydrogens is 242 g/mol. The molecule has 0 unspecified atom stereocenters. The van der Waals surface area contributed by atoms with Crippen molar-refractivity contribution in [2.75, 3.05) is 5.73 Å². The van der Waals surface area contributed by atoms with Crippen molar-refractivity contribution in [1.82, 2.24) is 9.97 Å². The fraction of sp³-hybridized carbons (Fsp3) is 0.286. The van der Waals surface area contributed by atoms with Crippen molar-refractivity contribution in [3.05, 3.63) is 41.7 Å². The number of aliphatic hydroxyl groups is 1. The molecule has 3 N–H and O–H groups in total. The van der Waals surface area contributed by atoms with E-state index in [1.807, 2.05) is 13.8 Å². The van der Waals surface area contributed by atoms with Crippen LogP contribution in [-0.2, 0) is 6.61 Å². The van der Waals surface area contributed by atoms with E-state index in [-0.39, 0.29) is 12.5 Å². The van der Waals surface area contributed by atoms with Crippen LogP contribution < -0.4 is 10.5 Å². The van der Waals surface area contributed by atoms with E-state index in [9.17, 15) is 0 Å². The number of aromatic nitrogens is 2. The van der Waals surface area contributed by atoms with Crippen LogP contribution in [0, 0.1) is 0 Å². The highest BCUT2D eigenvalue weighted by Crippen LogP contribution is 2.23. The number of hydrogen-bond donors (Lipinski definition) is 2. The molecule has 0 radical (unpaired) electrons. The fourth-order valence-electron chi connectivity index (χ4n) is 1.56. The number of nitrogen functional groups attached to an aromatic ring is 1. The molecule has 0 atom stereocenters. The molecule has 0 aliphatic heterocycles. The number of nitrogens with zero attached hydrogens (tertiary/aromatic N) is 2. The first-order valence-electron chi connectivity index (χ1n) is 6.10. The summed E-state index contributed by atoms with van der Waals surface area (Å²) in [6, 6.07) is 8.73. The zero-order valence-corrected chi connectivity index (χ0v) is 11.0. The van der Waals surface area contributed by atoms with Crippen molar-refractivity contribution in [3.8, 4) is 11.6 Å². The molecule has 100 valence electrons. The van der Waals surface area contributed by atoms with E-state index in [4.69, 9.17) is 15.6 Å². The summed E-state index contributed by atoms with van der Waals surface area (Å²) in [5.74, 6) is 2.29. The molecule has 0 aliphatic rings. The van der Waals surface area contributed by atoms with Gasteiger partial charge in [-0.25, -0.2) is 4.98 Å². The van der Waals surface area contributed by atoms with Crippen LogP contribution in [0.3, 0.4) is 0 Å². The second-order valence-corrected chi connectivity index (χ2v) is 4.55. The topological polar surface area (TPSA) is 81.3 Å². The van der Waals surface area contributed by atoms with E-state index < -0.39 is 0 Å². The molecule has 0 saturated heterocycles. The average molecular weight is 259 g/mol. The summed E-state index contributed by atoms with van der Waals surface area (Å²) in [7, 11) is 0. The van der Waals surface area contributed by atoms with Gasteiger partial charge in [-0.15, -0.1) is 0 Å². The normalized spacial score (nSPS) is 10.7. The number of ether oxygens (including phenoxy) is 1. The number of benzene rings is 1. The van der Waals surface area contributed by atoms with Gasteiger partial charge in [-0.2, -0.15) is 4.98 Å². The van der Waals surface area contributed by atoms with E-state index in [0.717, 1.165) is 5.56 Å². The summed E-state index contributed by atoms with van der Waals surface area (Å²) >= 11 is 0. The van der Waals surface area contributed by atoms with E-state index >= 15 is 0 Å². The van der Waals surface area contributed by atoms with Crippen LogP contribution in [0.4, 0.5) is 5.82 Å². The van der Waals surface area contributed by atoms with Gasteiger partial charge in [0.1, 0.15) is 17.4 Å². The first-order chi connectivity index (χ1) is 9.08. The first-order valence-corrected chi connectivity index (χ1v) is 6.10. The zero-order valence-electron chi connectivity index (χ0n) is 11.0. The van der Waals surface area contributed by atoms with E-state index in [2.05, 4.69) is 9.97 Å². The maximum Gasteiger partial charge on any atom is 0.224 e. The van der Waals surface area contributed by atoms with Gasteiger partial charge in [0.25, 0.3) is 0 Å². The molecule has 0 bridgehead atoms. The van der Waals surface area contributed by atoms with Crippen LogP contribution in [0.15, 0.2) is 30.3 Å². The summed E-state index contributed by atoms with van der Waals surface area (Å²) in [6.07, 6.45) is 0. The molecule has 2 aromatic rings. The molecule has 5 nitrogen and oxygen atoms in total. The molecule has 5 heteroatoms. The average Bonchev–Trinajstić information content (AvgIpc) is 2.39. The third-order valence-corrected chi connectivity index (χ3v) is 2.58. The monoisotopic (exact) mass is 259 g/mol. The SMILES string of the molecule is CC(C)c1nc(N)cc(Oc2ccc(CO)cc2)n1. The molecule has 0 amide bonds. The third kappa shape index (κ3) is 3.42. The predicted octanol–water partition coefficient (Wildman–Crippen LogP) is 2.47. The highest BCUT2D eigenvalue weighted by molar-refractivity contribution is 5.36. The van der Waals surface area contributed by atoms with Crippen LogP contribution >= 0.6 is 0 Å². The van der Waals surface area contributed by atoms with Crippen molar-refractivity contribution in [2.24, 2.45) is 0 Å². The maximum atomic E-state index is 8.97. The molecule has 0 saturated carbocycles. The quantitative estimate of drug-likeness (QED) is 0.881. The Bertz CT molecular complexity index is 553. The molecule has 0 aliphatic carbocycles. The Morgan fingerprint density at radius 2 is 1.89 bits per heavy atom. The molecule has 1 aromatic heterocycles. The van der Waals surface area contributed by atoms with Gasteiger partial charge in [-0.05, 0) is 17.7 Å². The number of anilines is 1. The molecular formula is C14H17N3O2. The van der Waals surface area contributed by atoms with Crippen LogP contribution in [0.2, 0.25) is 0 Å². The van der Waals surface area contributed by atoms with Gasteiger partial charge < -0.3 is 15.6 Å². The maximum absolute atomic E-state index is 8.97. The minimum atomic E-state index is 0.0121. The lowest BCUT2D eigenvalue weighted by molar-refractivity contribution is 0.281. The summed E-state index contributed by atoms with van der Waals surface area (Å²) < 4.78 is 5.64. The minimum Gasteiger partial charge on any atom is -0.439 e. The summed E-state index contributed by atoms with van der Waals surface area (Å²) in [4.78, 5) is 8.46.